The van der Waals surface area contributed by atoms with Gasteiger partial charge in [-0.2, -0.15) is 0 Å². The maximum Gasteiger partial charge on any atom is 0.151 e. The molecular weight excluding hydrogens is 307 g/mol. The topological polar surface area (TPSA) is 61.3 Å². The predicted molar refractivity (Wildman–Crippen MR) is 92.7 cm³/mol. The van der Waals surface area contributed by atoms with E-state index in [4.69, 9.17) is 0 Å². The fourth-order valence-corrected chi connectivity index (χ4v) is 3.11. The smallest absolute Gasteiger partial charge is 0.151 e. The van der Waals surface area contributed by atoms with E-state index in [1.807, 2.05) is 13.0 Å². The first-order valence-corrected chi connectivity index (χ1v) is 8.23. The molecule has 1 aromatic heterocycles. The van der Waals surface area contributed by atoms with Crippen LogP contribution >= 0.6 is 0 Å². The number of aryl methyl sites for hydroxylation is 2. The minimum atomic E-state index is -0.430. The lowest BCUT2D eigenvalue weighted by atomic mass is 10.0. The summed E-state index contributed by atoms with van der Waals surface area (Å²) in [4.78, 5) is 2.30. The van der Waals surface area contributed by atoms with Crippen molar-refractivity contribution in [1.29, 1.82) is 0 Å². The summed E-state index contributed by atoms with van der Waals surface area (Å²) in [6.07, 6.45) is 2.28. The molecule has 5 nitrogen and oxygen atoms in total. The molecule has 2 heterocycles. The molecule has 128 valence electrons. The second kappa shape index (κ2) is 6.73. The molecule has 2 aromatic rings. The number of likely N-dealkylation sites (N-methyl/N-ethyl adjacent to an activating group) is 1. The van der Waals surface area contributed by atoms with Gasteiger partial charge in [0.05, 0.1) is 5.69 Å². The summed E-state index contributed by atoms with van der Waals surface area (Å²) in [5.74, 6) is 0.208. The Balaban J connectivity index is 1.83. The monoisotopic (exact) mass is 330 g/mol. The zero-order chi connectivity index (χ0) is 17.3. The molecule has 1 aromatic carbocycles. The fourth-order valence-electron chi connectivity index (χ4n) is 3.11. The Morgan fingerprint density at radius 3 is 2.71 bits per heavy atom. The van der Waals surface area contributed by atoms with E-state index in [2.05, 4.69) is 27.5 Å². The second-order valence-electron chi connectivity index (χ2n) is 6.63. The summed E-state index contributed by atoms with van der Waals surface area (Å²) in [5.41, 5.74) is 2.46. The largest absolute Gasteiger partial charge is 0.507 e. The number of hydrogen-bond donors (Lipinski definition) is 2. The summed E-state index contributed by atoms with van der Waals surface area (Å²) >= 11 is 0. The van der Waals surface area contributed by atoms with Gasteiger partial charge < -0.3 is 15.3 Å². The Hall–Kier alpha value is -2.21. The van der Waals surface area contributed by atoms with Crippen LogP contribution in [-0.4, -0.2) is 46.4 Å². The third-order valence-electron chi connectivity index (χ3n) is 4.50. The molecule has 1 aliphatic rings. The van der Waals surface area contributed by atoms with Crippen molar-refractivity contribution in [3.8, 4) is 17.0 Å². The van der Waals surface area contributed by atoms with Crippen LogP contribution in [0.15, 0.2) is 18.2 Å². The Kier molecular flexibility index (Phi) is 4.66. The van der Waals surface area contributed by atoms with Crippen LogP contribution < -0.4 is 5.32 Å². The van der Waals surface area contributed by atoms with Gasteiger partial charge in [-0.05, 0) is 63.5 Å². The lowest BCUT2D eigenvalue weighted by Gasteiger charge is -2.30. The minimum absolute atomic E-state index is 0.124. The molecule has 1 saturated heterocycles. The Labute approximate surface area is 141 Å². The van der Waals surface area contributed by atoms with Gasteiger partial charge in [0.25, 0.3) is 0 Å². The van der Waals surface area contributed by atoms with Crippen LogP contribution in [0.1, 0.15) is 24.0 Å². The Morgan fingerprint density at radius 1 is 1.21 bits per heavy atom. The van der Waals surface area contributed by atoms with Crippen LogP contribution in [0.4, 0.5) is 10.2 Å². The number of nitrogens with one attached hydrogen (secondary N) is 1. The highest BCUT2D eigenvalue weighted by Crippen LogP contribution is 2.31. The van der Waals surface area contributed by atoms with Crippen molar-refractivity contribution in [2.45, 2.75) is 32.7 Å². The molecule has 0 spiro atoms. The molecule has 0 radical (unpaired) electrons. The highest BCUT2D eigenvalue weighted by atomic mass is 19.1. The first-order valence-electron chi connectivity index (χ1n) is 8.23. The number of aromatic hydroxyl groups is 1. The number of piperidine rings is 1. The second-order valence-corrected chi connectivity index (χ2v) is 6.63. The molecule has 0 saturated carbocycles. The van der Waals surface area contributed by atoms with Crippen molar-refractivity contribution in [1.82, 2.24) is 15.1 Å². The van der Waals surface area contributed by atoms with Gasteiger partial charge in [0.2, 0.25) is 0 Å². The van der Waals surface area contributed by atoms with Crippen molar-refractivity contribution >= 4 is 5.82 Å². The van der Waals surface area contributed by atoms with E-state index in [9.17, 15) is 9.50 Å². The molecule has 24 heavy (non-hydrogen) atoms. The standard InChI is InChI=1S/C18H23FN4O/c1-11-7-14(17(24)9-15(11)19)16-8-12(2)18(22-21-16)20-13-5-4-6-23(3)10-13/h7-9,13,24H,4-6,10H2,1-3H3,(H,20,22)/t13-/m1/s1. The van der Waals surface area contributed by atoms with Gasteiger partial charge in [-0.25, -0.2) is 4.39 Å². The first kappa shape index (κ1) is 16.6. The van der Waals surface area contributed by atoms with Gasteiger partial charge in [0.1, 0.15) is 11.6 Å². The lowest BCUT2D eigenvalue weighted by molar-refractivity contribution is 0.260. The highest BCUT2D eigenvalue weighted by molar-refractivity contribution is 5.69. The first-order chi connectivity index (χ1) is 11.4. The number of hydrogen-bond acceptors (Lipinski definition) is 5. The number of rotatable bonds is 3. The average Bonchev–Trinajstić information content (AvgIpc) is 2.53. The molecule has 0 bridgehead atoms. The summed E-state index contributed by atoms with van der Waals surface area (Å²) in [5, 5.41) is 21.9. The summed E-state index contributed by atoms with van der Waals surface area (Å²) in [6, 6.07) is 4.95. The number of phenols is 1. The molecule has 6 heteroatoms. The normalized spacial score (nSPS) is 18.6. The Morgan fingerprint density at radius 2 is 2.00 bits per heavy atom. The molecule has 1 atom stereocenters. The SMILES string of the molecule is Cc1cc(-c2cc(C)c(N[C@@H]3CCCN(C)C3)nn2)c(O)cc1F. The maximum absolute atomic E-state index is 13.5. The average molecular weight is 330 g/mol. The Bertz CT molecular complexity index is 750. The van der Waals surface area contributed by atoms with Crippen LogP contribution in [0.5, 0.6) is 5.75 Å². The van der Waals surface area contributed by atoms with E-state index in [1.54, 1.807) is 13.0 Å². The number of aromatic nitrogens is 2. The van der Waals surface area contributed by atoms with Crippen molar-refractivity contribution in [2.24, 2.45) is 0 Å². The van der Waals surface area contributed by atoms with Crippen LogP contribution in [0, 0.1) is 19.7 Å². The minimum Gasteiger partial charge on any atom is -0.507 e. The van der Waals surface area contributed by atoms with E-state index in [0.717, 1.165) is 37.0 Å². The number of benzene rings is 1. The van der Waals surface area contributed by atoms with Crippen molar-refractivity contribution in [3.05, 3.63) is 35.1 Å². The molecule has 2 N–H and O–H groups in total. The number of halogens is 1. The van der Waals surface area contributed by atoms with Crippen molar-refractivity contribution in [2.75, 3.05) is 25.5 Å². The van der Waals surface area contributed by atoms with Gasteiger partial charge in [-0.15, -0.1) is 10.2 Å². The molecule has 0 amide bonds. The van der Waals surface area contributed by atoms with Crippen molar-refractivity contribution < 1.29 is 9.50 Å². The van der Waals surface area contributed by atoms with Gasteiger partial charge in [-0.1, -0.05) is 0 Å². The quantitative estimate of drug-likeness (QED) is 0.905. The molecule has 0 aliphatic carbocycles. The maximum atomic E-state index is 13.5. The van der Waals surface area contributed by atoms with E-state index in [-0.39, 0.29) is 5.75 Å². The van der Waals surface area contributed by atoms with Crippen LogP contribution in [0.2, 0.25) is 0 Å². The van der Waals surface area contributed by atoms with Crippen LogP contribution in [-0.2, 0) is 0 Å². The van der Waals surface area contributed by atoms with Gasteiger partial charge in [-0.3, -0.25) is 0 Å². The number of phenolic OH excluding ortho intramolecular Hbond substituents is 1. The molecule has 1 aliphatic heterocycles. The van der Waals surface area contributed by atoms with E-state index < -0.39 is 5.82 Å². The highest BCUT2D eigenvalue weighted by Gasteiger charge is 2.19. The summed E-state index contributed by atoms with van der Waals surface area (Å²) < 4.78 is 13.5. The lowest BCUT2D eigenvalue weighted by Crippen LogP contribution is -2.40. The van der Waals surface area contributed by atoms with Gasteiger partial charge >= 0.3 is 0 Å². The fraction of sp³-hybridized carbons (Fsp3) is 0.444. The van der Waals surface area contributed by atoms with Gasteiger partial charge in [0, 0.05) is 24.2 Å². The van der Waals surface area contributed by atoms with Crippen LogP contribution in [0.3, 0.4) is 0 Å². The molecule has 1 fully saturated rings. The number of likely N-dealkylation sites (tertiary alicyclic amines) is 1. The summed E-state index contributed by atoms with van der Waals surface area (Å²) in [7, 11) is 2.12. The van der Waals surface area contributed by atoms with E-state index >= 15 is 0 Å². The molecule has 3 rings (SSSR count). The van der Waals surface area contributed by atoms with E-state index in [1.165, 1.54) is 6.42 Å². The predicted octanol–water partition coefficient (Wildman–Crippen LogP) is 3.11. The zero-order valence-electron chi connectivity index (χ0n) is 14.3. The third-order valence-corrected chi connectivity index (χ3v) is 4.50. The number of anilines is 1. The molecular formula is C18H23FN4O. The van der Waals surface area contributed by atoms with Crippen molar-refractivity contribution in [3.63, 3.8) is 0 Å². The van der Waals surface area contributed by atoms with Crippen LogP contribution in [0.25, 0.3) is 11.3 Å². The van der Waals surface area contributed by atoms with Gasteiger partial charge in [0.15, 0.2) is 5.82 Å². The summed E-state index contributed by atoms with van der Waals surface area (Å²) in [6.45, 7) is 5.74. The molecule has 0 unspecified atom stereocenters. The third kappa shape index (κ3) is 3.48. The number of nitrogens with zero attached hydrogens (tertiary/aromatic N) is 3. The van der Waals surface area contributed by atoms with E-state index in [0.29, 0.717) is 22.9 Å². The zero-order valence-corrected chi connectivity index (χ0v) is 14.3.